The van der Waals surface area contributed by atoms with Crippen molar-refractivity contribution in [3.8, 4) is 0 Å². The van der Waals surface area contributed by atoms with Crippen molar-refractivity contribution >= 4 is 0 Å². The molecule has 3 heteroatoms. The zero-order chi connectivity index (χ0) is 13.3. The highest BCUT2D eigenvalue weighted by Crippen LogP contribution is 2.65. The SMILES string of the molecule is C=C1C[C@@]2(O)O[C@@]3(C[C@@]2(O)C(C)C)[C@@H](C)CC[C@@H]13. The van der Waals surface area contributed by atoms with Crippen LogP contribution < -0.4 is 0 Å². The molecule has 2 heterocycles. The fourth-order valence-electron chi connectivity index (χ4n) is 4.54. The second-order valence-corrected chi connectivity index (χ2v) is 6.96. The maximum absolute atomic E-state index is 11.0. The van der Waals surface area contributed by atoms with Gasteiger partial charge in [-0.05, 0) is 24.7 Å². The average Bonchev–Trinajstić information content (AvgIpc) is 2.65. The number of fused-ring (bicyclic) bond motifs is 1. The van der Waals surface area contributed by atoms with Crippen molar-refractivity contribution in [2.75, 3.05) is 0 Å². The average molecular weight is 252 g/mol. The van der Waals surface area contributed by atoms with Crippen molar-refractivity contribution in [3.63, 3.8) is 0 Å². The van der Waals surface area contributed by atoms with Gasteiger partial charge in [-0.15, -0.1) is 0 Å². The molecule has 1 spiro atoms. The number of ether oxygens (including phenoxy) is 1. The van der Waals surface area contributed by atoms with Crippen LogP contribution in [0.3, 0.4) is 0 Å². The Kier molecular flexibility index (Phi) is 2.38. The van der Waals surface area contributed by atoms with Crippen molar-refractivity contribution in [1.82, 2.24) is 0 Å². The van der Waals surface area contributed by atoms with E-state index in [0.29, 0.717) is 24.7 Å². The van der Waals surface area contributed by atoms with Gasteiger partial charge in [0.25, 0.3) is 0 Å². The first-order chi connectivity index (χ1) is 8.25. The fraction of sp³-hybridized carbons (Fsp3) is 0.867. The summed E-state index contributed by atoms with van der Waals surface area (Å²) in [5, 5.41) is 21.8. The summed E-state index contributed by atoms with van der Waals surface area (Å²) in [5.74, 6) is -0.784. The largest absolute Gasteiger partial charge is 0.384 e. The molecule has 0 unspecified atom stereocenters. The minimum absolute atomic E-state index is 0.0266. The van der Waals surface area contributed by atoms with Crippen molar-refractivity contribution in [2.45, 2.75) is 63.4 Å². The van der Waals surface area contributed by atoms with Crippen LogP contribution in [-0.4, -0.2) is 27.2 Å². The van der Waals surface area contributed by atoms with Gasteiger partial charge < -0.3 is 14.9 Å². The van der Waals surface area contributed by atoms with E-state index in [1.165, 1.54) is 0 Å². The van der Waals surface area contributed by atoms with E-state index in [4.69, 9.17) is 4.74 Å². The molecule has 3 nitrogen and oxygen atoms in total. The summed E-state index contributed by atoms with van der Waals surface area (Å²) in [6.45, 7) is 10.2. The molecular formula is C15H24O3. The van der Waals surface area contributed by atoms with Gasteiger partial charge in [0.15, 0.2) is 5.79 Å². The molecule has 2 bridgehead atoms. The molecular weight excluding hydrogens is 228 g/mol. The minimum atomic E-state index is -1.44. The van der Waals surface area contributed by atoms with E-state index < -0.39 is 11.4 Å². The first kappa shape index (κ1) is 12.6. The van der Waals surface area contributed by atoms with Gasteiger partial charge in [-0.3, -0.25) is 0 Å². The summed E-state index contributed by atoms with van der Waals surface area (Å²) in [6, 6.07) is 0. The van der Waals surface area contributed by atoms with Crippen molar-refractivity contribution < 1.29 is 14.9 Å². The molecule has 2 aliphatic heterocycles. The van der Waals surface area contributed by atoms with Crippen LogP contribution in [0.1, 0.15) is 46.5 Å². The Balaban J connectivity index is 2.11. The molecule has 1 saturated carbocycles. The van der Waals surface area contributed by atoms with Gasteiger partial charge in [0, 0.05) is 18.8 Å². The van der Waals surface area contributed by atoms with Gasteiger partial charge in [-0.1, -0.05) is 32.9 Å². The summed E-state index contributed by atoms with van der Waals surface area (Å²) in [6.07, 6.45) is 3.08. The number of aliphatic hydroxyl groups is 2. The molecule has 2 N–H and O–H groups in total. The molecule has 18 heavy (non-hydrogen) atoms. The van der Waals surface area contributed by atoms with Crippen molar-refractivity contribution in [1.29, 1.82) is 0 Å². The number of hydrogen-bond acceptors (Lipinski definition) is 3. The zero-order valence-electron chi connectivity index (χ0n) is 11.6. The predicted molar refractivity (Wildman–Crippen MR) is 68.8 cm³/mol. The Labute approximate surface area is 109 Å². The first-order valence-electron chi connectivity index (χ1n) is 7.08. The van der Waals surface area contributed by atoms with Gasteiger partial charge in [-0.25, -0.2) is 0 Å². The molecule has 0 radical (unpaired) electrons. The lowest BCUT2D eigenvalue weighted by atomic mass is 9.75. The molecule has 5 atom stereocenters. The molecule has 0 aromatic rings. The second kappa shape index (κ2) is 3.38. The van der Waals surface area contributed by atoms with Crippen LogP contribution in [0, 0.1) is 17.8 Å². The molecule has 0 aromatic heterocycles. The van der Waals surface area contributed by atoms with E-state index >= 15 is 0 Å². The lowest BCUT2D eigenvalue weighted by Crippen LogP contribution is -2.55. The quantitative estimate of drug-likeness (QED) is 0.704. The molecule has 2 saturated heterocycles. The van der Waals surface area contributed by atoms with E-state index in [1.807, 2.05) is 13.8 Å². The highest BCUT2D eigenvalue weighted by Gasteiger charge is 2.72. The summed E-state index contributed by atoms with van der Waals surface area (Å²) in [5.41, 5.74) is -0.475. The van der Waals surface area contributed by atoms with Crippen LogP contribution in [0.5, 0.6) is 0 Å². The lowest BCUT2D eigenvalue weighted by Gasteiger charge is -2.44. The lowest BCUT2D eigenvalue weighted by molar-refractivity contribution is -0.304. The summed E-state index contributed by atoms with van der Waals surface area (Å²) in [7, 11) is 0. The smallest absolute Gasteiger partial charge is 0.199 e. The highest BCUT2D eigenvalue weighted by atomic mass is 16.7. The minimum Gasteiger partial charge on any atom is -0.384 e. The summed E-state index contributed by atoms with van der Waals surface area (Å²) >= 11 is 0. The van der Waals surface area contributed by atoms with Crippen LogP contribution in [0.15, 0.2) is 12.2 Å². The van der Waals surface area contributed by atoms with Crippen LogP contribution in [0.25, 0.3) is 0 Å². The monoisotopic (exact) mass is 252 g/mol. The standard InChI is InChI=1S/C15H24O3/c1-9(2)14(16)8-13-11(4)5-6-12(13)10(3)7-15(14,17)18-13/h9,11-12,16-17H,3,5-8H2,1-2,4H3/t11-,12-,13-,14+,15+/m0/s1. The van der Waals surface area contributed by atoms with E-state index in [0.717, 1.165) is 18.4 Å². The molecule has 0 amide bonds. The predicted octanol–water partition coefficient (Wildman–Crippen LogP) is 2.23. The fourth-order valence-corrected chi connectivity index (χ4v) is 4.54. The molecule has 1 aliphatic carbocycles. The van der Waals surface area contributed by atoms with Crippen LogP contribution in [0.2, 0.25) is 0 Å². The molecule has 3 aliphatic rings. The topological polar surface area (TPSA) is 49.7 Å². The first-order valence-corrected chi connectivity index (χ1v) is 7.08. The molecule has 3 fully saturated rings. The zero-order valence-corrected chi connectivity index (χ0v) is 11.6. The van der Waals surface area contributed by atoms with Gasteiger partial charge in [0.2, 0.25) is 0 Å². The Bertz CT molecular complexity index is 405. The molecule has 0 aromatic carbocycles. The van der Waals surface area contributed by atoms with E-state index in [-0.39, 0.29) is 11.5 Å². The second-order valence-electron chi connectivity index (χ2n) is 6.96. The Morgan fingerprint density at radius 2 is 2.00 bits per heavy atom. The van der Waals surface area contributed by atoms with Crippen molar-refractivity contribution in [3.05, 3.63) is 12.2 Å². The molecule has 102 valence electrons. The third kappa shape index (κ3) is 1.21. The van der Waals surface area contributed by atoms with Crippen LogP contribution in [0.4, 0.5) is 0 Å². The van der Waals surface area contributed by atoms with E-state index in [1.54, 1.807) is 0 Å². The Hall–Kier alpha value is -0.380. The van der Waals surface area contributed by atoms with Crippen molar-refractivity contribution in [2.24, 2.45) is 17.8 Å². The summed E-state index contributed by atoms with van der Waals surface area (Å²) in [4.78, 5) is 0. The third-order valence-corrected chi connectivity index (χ3v) is 5.81. The number of hydrogen-bond donors (Lipinski definition) is 2. The molecule has 3 rings (SSSR count). The number of rotatable bonds is 1. The van der Waals surface area contributed by atoms with Gasteiger partial charge in [0.05, 0.1) is 5.60 Å². The highest BCUT2D eigenvalue weighted by molar-refractivity contribution is 5.28. The van der Waals surface area contributed by atoms with Crippen LogP contribution in [-0.2, 0) is 4.74 Å². The van der Waals surface area contributed by atoms with E-state index in [2.05, 4.69) is 13.5 Å². The van der Waals surface area contributed by atoms with Gasteiger partial charge in [0.1, 0.15) is 5.60 Å². The van der Waals surface area contributed by atoms with E-state index in [9.17, 15) is 10.2 Å². The van der Waals surface area contributed by atoms with Gasteiger partial charge in [-0.2, -0.15) is 0 Å². The third-order valence-electron chi connectivity index (χ3n) is 5.81. The maximum atomic E-state index is 11.0. The maximum Gasteiger partial charge on any atom is 0.199 e. The van der Waals surface area contributed by atoms with Crippen LogP contribution >= 0.6 is 0 Å². The normalized spacial score (nSPS) is 55.1. The Morgan fingerprint density at radius 3 is 2.61 bits per heavy atom. The van der Waals surface area contributed by atoms with Gasteiger partial charge >= 0.3 is 0 Å². The Morgan fingerprint density at radius 1 is 1.33 bits per heavy atom. The summed E-state index contributed by atoms with van der Waals surface area (Å²) < 4.78 is 6.10.